The maximum Gasteiger partial charge on any atom is 0.183 e. The smallest absolute Gasteiger partial charge is 0.183 e. The van der Waals surface area contributed by atoms with Crippen LogP contribution < -0.4 is 5.32 Å². The zero-order chi connectivity index (χ0) is 12.4. The Kier molecular flexibility index (Phi) is 3.82. The van der Waals surface area contributed by atoms with E-state index in [1.807, 2.05) is 0 Å². The van der Waals surface area contributed by atoms with E-state index in [4.69, 9.17) is 4.74 Å². The number of thiazole rings is 1. The molecular weight excluding hydrogens is 312 g/mol. The number of halogens is 1. The summed E-state index contributed by atoms with van der Waals surface area (Å²) >= 11 is 5.18. The Bertz CT molecular complexity index is 537. The molecule has 2 aromatic rings. The van der Waals surface area contributed by atoms with Crippen LogP contribution in [0.15, 0.2) is 22.7 Å². The average Bonchev–Trinajstić information content (AvgIpc) is 2.97. The van der Waals surface area contributed by atoms with Crippen LogP contribution in [0.4, 0.5) is 5.13 Å². The van der Waals surface area contributed by atoms with Crippen LogP contribution in [0.2, 0.25) is 0 Å². The molecule has 0 spiro atoms. The van der Waals surface area contributed by atoms with E-state index in [1.54, 1.807) is 11.3 Å². The van der Waals surface area contributed by atoms with E-state index in [0.717, 1.165) is 40.8 Å². The van der Waals surface area contributed by atoms with E-state index in [-0.39, 0.29) is 0 Å². The van der Waals surface area contributed by atoms with Gasteiger partial charge in [-0.25, -0.2) is 4.98 Å². The fourth-order valence-corrected chi connectivity index (χ4v) is 3.39. The largest absolute Gasteiger partial charge is 0.381 e. The summed E-state index contributed by atoms with van der Waals surface area (Å²) in [4.78, 5) is 4.58. The van der Waals surface area contributed by atoms with Gasteiger partial charge in [-0.2, -0.15) is 0 Å². The zero-order valence-corrected chi connectivity index (χ0v) is 12.4. The summed E-state index contributed by atoms with van der Waals surface area (Å²) < 4.78 is 7.68. The van der Waals surface area contributed by atoms with Crippen LogP contribution >= 0.6 is 27.3 Å². The van der Waals surface area contributed by atoms with Crippen molar-refractivity contribution in [1.82, 2.24) is 4.98 Å². The van der Waals surface area contributed by atoms with Crippen molar-refractivity contribution in [3.8, 4) is 0 Å². The molecule has 1 fully saturated rings. The van der Waals surface area contributed by atoms with Crippen LogP contribution in [0.3, 0.4) is 0 Å². The van der Waals surface area contributed by atoms with Crippen LogP contribution in [0, 0.1) is 5.92 Å². The Balaban J connectivity index is 1.60. The molecule has 18 heavy (non-hydrogen) atoms. The molecular formula is C13H15BrN2OS. The van der Waals surface area contributed by atoms with Gasteiger partial charge >= 0.3 is 0 Å². The van der Waals surface area contributed by atoms with Gasteiger partial charge in [0.2, 0.25) is 0 Å². The second-order valence-electron chi connectivity index (χ2n) is 4.58. The lowest BCUT2D eigenvalue weighted by Crippen LogP contribution is -2.08. The molecule has 1 N–H and O–H groups in total. The Labute approximate surface area is 119 Å². The number of ether oxygens (including phenoxy) is 1. The number of anilines is 1. The van der Waals surface area contributed by atoms with E-state index in [2.05, 4.69) is 44.4 Å². The molecule has 0 bridgehead atoms. The third kappa shape index (κ3) is 2.84. The van der Waals surface area contributed by atoms with E-state index >= 15 is 0 Å². The molecule has 3 nitrogen and oxygen atoms in total. The Morgan fingerprint density at radius 3 is 3.28 bits per heavy atom. The molecule has 0 amide bonds. The zero-order valence-electron chi connectivity index (χ0n) is 9.99. The number of hydrogen-bond donors (Lipinski definition) is 1. The van der Waals surface area contributed by atoms with Gasteiger partial charge in [-0.15, -0.1) is 0 Å². The normalized spacial score (nSPS) is 19.5. The first-order valence-corrected chi connectivity index (χ1v) is 7.80. The number of hydrogen-bond acceptors (Lipinski definition) is 4. The first-order chi connectivity index (χ1) is 8.81. The minimum atomic E-state index is 0.723. The van der Waals surface area contributed by atoms with E-state index in [0.29, 0.717) is 0 Å². The van der Waals surface area contributed by atoms with Gasteiger partial charge < -0.3 is 10.1 Å². The van der Waals surface area contributed by atoms with Crippen molar-refractivity contribution in [3.63, 3.8) is 0 Å². The van der Waals surface area contributed by atoms with Gasteiger partial charge in [-0.3, -0.25) is 0 Å². The Morgan fingerprint density at radius 1 is 1.50 bits per heavy atom. The van der Waals surface area contributed by atoms with Crippen LogP contribution in [-0.2, 0) is 4.74 Å². The quantitative estimate of drug-likeness (QED) is 0.925. The maximum atomic E-state index is 5.38. The van der Waals surface area contributed by atoms with Crippen molar-refractivity contribution in [2.24, 2.45) is 5.92 Å². The van der Waals surface area contributed by atoms with Crippen molar-refractivity contribution < 1.29 is 4.74 Å². The molecule has 1 aliphatic heterocycles. The predicted octanol–water partition coefficient (Wildman–Crippen LogP) is 3.90. The van der Waals surface area contributed by atoms with Crippen LogP contribution in [0.1, 0.15) is 12.8 Å². The molecule has 0 radical (unpaired) electrons. The second kappa shape index (κ2) is 5.55. The van der Waals surface area contributed by atoms with Crippen molar-refractivity contribution in [2.45, 2.75) is 12.8 Å². The standard InChI is InChI=1S/C13H15BrN2OS/c14-10-1-2-12-11(7-10)16-13(18-12)15-5-3-9-4-6-17-8-9/h1-2,7,9H,3-6,8H2,(H,15,16). The molecule has 1 aliphatic rings. The average molecular weight is 327 g/mol. The summed E-state index contributed by atoms with van der Waals surface area (Å²) in [6, 6.07) is 6.22. The van der Waals surface area contributed by atoms with Gasteiger partial charge in [-0.05, 0) is 37.0 Å². The van der Waals surface area contributed by atoms with Crippen molar-refractivity contribution in [3.05, 3.63) is 22.7 Å². The highest BCUT2D eigenvalue weighted by atomic mass is 79.9. The van der Waals surface area contributed by atoms with Crippen molar-refractivity contribution in [2.75, 3.05) is 25.1 Å². The highest BCUT2D eigenvalue weighted by molar-refractivity contribution is 9.10. The van der Waals surface area contributed by atoms with Crippen molar-refractivity contribution in [1.29, 1.82) is 0 Å². The molecule has 1 aromatic carbocycles. The molecule has 1 aromatic heterocycles. The fourth-order valence-electron chi connectivity index (χ4n) is 2.17. The molecule has 5 heteroatoms. The third-order valence-corrected chi connectivity index (χ3v) is 4.69. The molecule has 1 unspecified atom stereocenters. The second-order valence-corrected chi connectivity index (χ2v) is 6.52. The molecule has 0 saturated carbocycles. The highest BCUT2D eigenvalue weighted by Gasteiger charge is 2.15. The van der Waals surface area contributed by atoms with Gasteiger partial charge in [-0.1, -0.05) is 27.3 Å². The van der Waals surface area contributed by atoms with Gasteiger partial charge in [0, 0.05) is 24.2 Å². The van der Waals surface area contributed by atoms with Crippen molar-refractivity contribution >= 4 is 42.6 Å². The predicted molar refractivity (Wildman–Crippen MR) is 79.4 cm³/mol. The summed E-state index contributed by atoms with van der Waals surface area (Å²) in [5.74, 6) is 0.723. The number of rotatable bonds is 4. The van der Waals surface area contributed by atoms with Crippen LogP contribution in [-0.4, -0.2) is 24.7 Å². The lowest BCUT2D eigenvalue weighted by Gasteiger charge is -2.06. The lowest BCUT2D eigenvalue weighted by molar-refractivity contribution is 0.185. The summed E-state index contributed by atoms with van der Waals surface area (Å²) in [5.41, 5.74) is 1.06. The van der Waals surface area contributed by atoms with Gasteiger partial charge in [0.05, 0.1) is 10.2 Å². The highest BCUT2D eigenvalue weighted by Crippen LogP contribution is 2.28. The minimum Gasteiger partial charge on any atom is -0.381 e. The Morgan fingerprint density at radius 2 is 2.44 bits per heavy atom. The van der Waals surface area contributed by atoms with Gasteiger partial charge in [0.1, 0.15) is 0 Å². The van der Waals surface area contributed by atoms with E-state index in [1.165, 1.54) is 17.5 Å². The number of nitrogens with zero attached hydrogens (tertiary/aromatic N) is 1. The summed E-state index contributed by atoms with van der Waals surface area (Å²) in [5, 5.41) is 4.43. The van der Waals surface area contributed by atoms with E-state index < -0.39 is 0 Å². The molecule has 1 atom stereocenters. The molecule has 0 aliphatic carbocycles. The SMILES string of the molecule is Brc1ccc2sc(NCCC3CCOC3)nc2c1. The summed E-state index contributed by atoms with van der Waals surface area (Å²) in [7, 11) is 0. The molecule has 3 rings (SSSR count). The molecule has 1 saturated heterocycles. The first kappa shape index (κ1) is 12.4. The Hall–Kier alpha value is -0.650. The first-order valence-electron chi connectivity index (χ1n) is 6.19. The topological polar surface area (TPSA) is 34.1 Å². The van der Waals surface area contributed by atoms with Gasteiger partial charge in [0.15, 0.2) is 5.13 Å². The fraction of sp³-hybridized carbons (Fsp3) is 0.462. The van der Waals surface area contributed by atoms with Crippen LogP contribution in [0.5, 0.6) is 0 Å². The number of aromatic nitrogens is 1. The lowest BCUT2D eigenvalue weighted by atomic mass is 10.1. The molecule has 96 valence electrons. The van der Waals surface area contributed by atoms with E-state index in [9.17, 15) is 0 Å². The summed E-state index contributed by atoms with van der Waals surface area (Å²) in [6.45, 7) is 2.84. The number of fused-ring (bicyclic) bond motifs is 1. The maximum absolute atomic E-state index is 5.38. The monoisotopic (exact) mass is 326 g/mol. The third-order valence-electron chi connectivity index (χ3n) is 3.20. The number of benzene rings is 1. The minimum absolute atomic E-state index is 0.723. The van der Waals surface area contributed by atoms with Crippen LogP contribution in [0.25, 0.3) is 10.2 Å². The molecule has 2 heterocycles. The van der Waals surface area contributed by atoms with Gasteiger partial charge in [0.25, 0.3) is 0 Å². The summed E-state index contributed by atoms with van der Waals surface area (Å²) in [6.07, 6.45) is 2.37. The number of nitrogens with one attached hydrogen (secondary N) is 1.